The first-order valence-corrected chi connectivity index (χ1v) is 9.78. The molecule has 0 radical (unpaired) electrons. The number of ether oxygens (including phenoxy) is 3. The molecule has 0 aliphatic rings. The Hall–Kier alpha value is -2.98. The van der Waals surface area contributed by atoms with Gasteiger partial charge in [-0.15, -0.1) is 0 Å². The quantitative estimate of drug-likeness (QED) is 0.251. The highest BCUT2D eigenvalue weighted by atomic mass is 32.1. The van der Waals surface area contributed by atoms with Crippen LogP contribution in [0.25, 0.3) is 0 Å². The van der Waals surface area contributed by atoms with Gasteiger partial charge in [0.15, 0.2) is 5.11 Å². The largest absolute Gasteiger partial charge is 0.497 e. The summed E-state index contributed by atoms with van der Waals surface area (Å²) in [6.07, 6.45) is 0.768. The first-order valence-electron chi connectivity index (χ1n) is 9.37. The Morgan fingerprint density at radius 3 is 2.17 bits per heavy atom. The zero-order valence-electron chi connectivity index (χ0n) is 17.9. The SMILES string of the molecule is COCCCN=C(NC(=S)Nc1cc(OC)cc(OC)c1)Nc1nc(C)cc(C)n1. The zero-order valence-corrected chi connectivity index (χ0v) is 18.7. The Balaban J connectivity index is 2.13. The van der Waals surface area contributed by atoms with Crippen molar-refractivity contribution < 1.29 is 14.2 Å². The van der Waals surface area contributed by atoms with Gasteiger partial charge in [0.05, 0.1) is 14.2 Å². The van der Waals surface area contributed by atoms with E-state index in [0.29, 0.717) is 47.4 Å². The van der Waals surface area contributed by atoms with Crippen LogP contribution >= 0.6 is 12.2 Å². The summed E-state index contributed by atoms with van der Waals surface area (Å²) in [7, 11) is 4.84. The number of methoxy groups -OCH3 is 3. The number of aryl methyl sites for hydroxylation is 2. The van der Waals surface area contributed by atoms with Crippen LogP contribution in [-0.4, -0.2) is 55.5 Å². The van der Waals surface area contributed by atoms with Gasteiger partial charge in [0, 0.05) is 55.5 Å². The van der Waals surface area contributed by atoms with Crippen molar-refractivity contribution in [2.45, 2.75) is 20.3 Å². The molecule has 0 aliphatic carbocycles. The highest BCUT2D eigenvalue weighted by molar-refractivity contribution is 7.80. The lowest BCUT2D eigenvalue weighted by Crippen LogP contribution is -2.39. The van der Waals surface area contributed by atoms with Crippen LogP contribution in [0.3, 0.4) is 0 Å². The molecule has 0 fully saturated rings. The van der Waals surface area contributed by atoms with Crippen LogP contribution < -0.4 is 25.4 Å². The summed E-state index contributed by atoms with van der Waals surface area (Å²) in [5.41, 5.74) is 2.42. The molecule has 30 heavy (non-hydrogen) atoms. The van der Waals surface area contributed by atoms with Gasteiger partial charge in [0.1, 0.15) is 11.5 Å². The molecule has 10 heteroatoms. The fraction of sp³-hybridized carbons (Fsp3) is 0.400. The Kier molecular flexibility index (Phi) is 9.23. The predicted octanol–water partition coefficient (Wildman–Crippen LogP) is 2.90. The van der Waals surface area contributed by atoms with Gasteiger partial charge in [-0.05, 0) is 38.6 Å². The number of hydrogen-bond donors (Lipinski definition) is 3. The molecule has 0 aliphatic heterocycles. The molecule has 9 nitrogen and oxygen atoms in total. The number of nitrogens with one attached hydrogen (secondary N) is 3. The molecular formula is C20H28N6O3S. The van der Waals surface area contributed by atoms with Gasteiger partial charge >= 0.3 is 0 Å². The number of thiocarbonyl (C=S) groups is 1. The van der Waals surface area contributed by atoms with Gasteiger partial charge in [0.2, 0.25) is 11.9 Å². The average molecular weight is 433 g/mol. The van der Waals surface area contributed by atoms with Gasteiger partial charge in [-0.25, -0.2) is 9.97 Å². The normalized spacial score (nSPS) is 11.0. The van der Waals surface area contributed by atoms with Gasteiger partial charge in [-0.2, -0.15) is 0 Å². The summed E-state index contributed by atoms with van der Waals surface area (Å²) < 4.78 is 15.7. The molecule has 0 saturated carbocycles. The minimum absolute atomic E-state index is 0.340. The summed E-state index contributed by atoms with van der Waals surface area (Å²) in [5.74, 6) is 2.17. The van der Waals surface area contributed by atoms with Crippen molar-refractivity contribution in [1.82, 2.24) is 15.3 Å². The summed E-state index contributed by atoms with van der Waals surface area (Å²) in [4.78, 5) is 13.3. The van der Waals surface area contributed by atoms with E-state index in [-0.39, 0.29) is 0 Å². The summed E-state index contributed by atoms with van der Waals surface area (Å²) in [5, 5.41) is 9.61. The van der Waals surface area contributed by atoms with Gasteiger partial charge < -0.3 is 24.8 Å². The highest BCUT2D eigenvalue weighted by Crippen LogP contribution is 2.25. The van der Waals surface area contributed by atoms with Crippen LogP contribution in [0.5, 0.6) is 11.5 Å². The average Bonchev–Trinajstić information content (AvgIpc) is 2.69. The number of guanidine groups is 1. The van der Waals surface area contributed by atoms with Crippen LogP contribution in [0, 0.1) is 13.8 Å². The molecule has 0 amide bonds. The third-order valence-corrected chi connectivity index (χ3v) is 4.03. The van der Waals surface area contributed by atoms with Crippen molar-refractivity contribution in [3.63, 3.8) is 0 Å². The van der Waals surface area contributed by atoms with Crippen LogP contribution in [0.15, 0.2) is 29.3 Å². The zero-order chi connectivity index (χ0) is 21.9. The van der Waals surface area contributed by atoms with Crippen molar-refractivity contribution in [3.05, 3.63) is 35.7 Å². The fourth-order valence-electron chi connectivity index (χ4n) is 2.55. The maximum atomic E-state index is 5.45. The van der Waals surface area contributed by atoms with Crippen molar-refractivity contribution in [3.8, 4) is 11.5 Å². The van der Waals surface area contributed by atoms with Gasteiger partial charge in [-0.3, -0.25) is 10.3 Å². The molecule has 3 N–H and O–H groups in total. The Bertz CT molecular complexity index is 848. The lowest BCUT2D eigenvalue weighted by molar-refractivity contribution is 0.197. The Morgan fingerprint density at radius 2 is 1.60 bits per heavy atom. The molecular weight excluding hydrogens is 404 g/mol. The maximum absolute atomic E-state index is 5.45. The van der Waals surface area contributed by atoms with Crippen molar-refractivity contribution in [2.75, 3.05) is 45.1 Å². The molecule has 0 unspecified atom stereocenters. The third kappa shape index (κ3) is 7.80. The molecule has 2 aromatic rings. The third-order valence-electron chi connectivity index (χ3n) is 3.83. The van der Waals surface area contributed by atoms with E-state index in [1.807, 2.05) is 32.0 Å². The summed E-state index contributed by atoms with van der Waals surface area (Å²) in [6.45, 7) is 4.98. The smallest absolute Gasteiger partial charge is 0.229 e. The van der Waals surface area contributed by atoms with Crippen molar-refractivity contribution >= 4 is 34.9 Å². The van der Waals surface area contributed by atoms with Crippen LogP contribution in [-0.2, 0) is 4.74 Å². The number of anilines is 2. The van der Waals surface area contributed by atoms with E-state index in [4.69, 9.17) is 26.4 Å². The standard InChI is InChI=1S/C20H28N6O3S/c1-13-9-14(2)23-19(22-13)25-18(21-7-6-8-27-3)26-20(30)24-15-10-16(28-4)12-17(11-15)29-5/h9-12H,6-8H2,1-5H3,(H3,21,22,23,24,25,26,30). The minimum Gasteiger partial charge on any atom is -0.497 e. The van der Waals surface area contributed by atoms with Gasteiger partial charge in [-0.1, -0.05) is 0 Å². The maximum Gasteiger partial charge on any atom is 0.229 e. The molecule has 0 spiro atoms. The summed E-state index contributed by atoms with van der Waals surface area (Å²) in [6, 6.07) is 7.30. The molecule has 162 valence electrons. The number of benzene rings is 1. The lowest BCUT2D eigenvalue weighted by atomic mass is 10.3. The predicted molar refractivity (Wildman–Crippen MR) is 123 cm³/mol. The van der Waals surface area contributed by atoms with Crippen molar-refractivity contribution in [1.29, 1.82) is 0 Å². The molecule has 1 aromatic carbocycles. The number of nitrogens with zero attached hydrogens (tertiary/aromatic N) is 3. The molecule has 0 atom stereocenters. The second-order valence-corrected chi connectivity index (χ2v) is 6.76. The van der Waals surface area contributed by atoms with E-state index >= 15 is 0 Å². The second-order valence-electron chi connectivity index (χ2n) is 6.36. The lowest BCUT2D eigenvalue weighted by Gasteiger charge is -2.15. The second kappa shape index (κ2) is 11.9. The monoisotopic (exact) mass is 432 g/mol. The fourth-order valence-corrected chi connectivity index (χ4v) is 2.76. The number of rotatable bonds is 8. The molecule has 0 saturated heterocycles. The van der Waals surface area contributed by atoms with E-state index in [9.17, 15) is 0 Å². The number of aromatic nitrogens is 2. The molecule has 1 aromatic heterocycles. The van der Waals surface area contributed by atoms with Gasteiger partial charge in [0.25, 0.3) is 0 Å². The molecule has 1 heterocycles. The summed E-state index contributed by atoms with van der Waals surface area (Å²) >= 11 is 5.45. The first-order chi connectivity index (χ1) is 14.4. The molecule has 2 rings (SSSR count). The van der Waals surface area contributed by atoms with Crippen LogP contribution in [0.4, 0.5) is 11.6 Å². The number of hydrogen-bond acceptors (Lipinski definition) is 7. The van der Waals surface area contributed by atoms with E-state index < -0.39 is 0 Å². The Morgan fingerprint density at radius 1 is 0.967 bits per heavy atom. The molecule has 0 bridgehead atoms. The van der Waals surface area contributed by atoms with Crippen LogP contribution in [0.1, 0.15) is 17.8 Å². The van der Waals surface area contributed by atoms with E-state index in [2.05, 4.69) is 30.9 Å². The van der Waals surface area contributed by atoms with E-state index in [1.54, 1.807) is 27.4 Å². The van der Waals surface area contributed by atoms with E-state index in [1.165, 1.54) is 0 Å². The minimum atomic E-state index is 0.340. The van der Waals surface area contributed by atoms with E-state index in [0.717, 1.165) is 17.8 Å². The topological polar surface area (TPSA) is 102 Å². The van der Waals surface area contributed by atoms with Crippen molar-refractivity contribution in [2.24, 2.45) is 4.99 Å². The highest BCUT2D eigenvalue weighted by Gasteiger charge is 2.09. The number of aliphatic imine (C=N–C) groups is 1. The van der Waals surface area contributed by atoms with Crippen LogP contribution in [0.2, 0.25) is 0 Å². The Labute approximate surface area is 182 Å². The first kappa shape index (κ1) is 23.3.